The Labute approximate surface area is 295 Å². The quantitative estimate of drug-likeness (QED) is 0.0967. The van der Waals surface area contributed by atoms with E-state index in [0.717, 1.165) is 40.1 Å². The maximum absolute atomic E-state index is 13.9. The van der Waals surface area contributed by atoms with Crippen molar-refractivity contribution in [3.8, 4) is 34.1 Å². The number of nitro benzene ring substituents is 1. The van der Waals surface area contributed by atoms with Gasteiger partial charge in [0, 0.05) is 41.9 Å². The minimum atomic E-state index is -4.35. The van der Waals surface area contributed by atoms with E-state index in [4.69, 9.17) is 23.5 Å². The Hall–Kier alpha value is -5.89. The first-order valence-electron chi connectivity index (χ1n) is 15.8. The summed E-state index contributed by atoms with van der Waals surface area (Å²) in [6.45, 7) is 3.96. The first kappa shape index (κ1) is 35.0. The molecule has 1 fully saturated rings. The second-order valence-corrected chi connectivity index (χ2v) is 13.5. The summed E-state index contributed by atoms with van der Waals surface area (Å²) in [7, 11) is 1.86. The van der Waals surface area contributed by atoms with Crippen LogP contribution in [0.25, 0.3) is 11.1 Å². The van der Waals surface area contributed by atoms with Crippen molar-refractivity contribution in [3.05, 3.63) is 123 Å². The summed E-state index contributed by atoms with van der Waals surface area (Å²) in [6, 6.07) is 23.0. The molecule has 0 N–H and O–H groups in total. The fourth-order valence-corrected chi connectivity index (χ4v) is 7.44. The topological polar surface area (TPSA) is 156 Å². The molecule has 0 aliphatic carbocycles. The first-order valence-corrected chi connectivity index (χ1v) is 17.2. The lowest BCUT2D eigenvalue weighted by Gasteiger charge is -2.51. The number of amidine groups is 1. The highest BCUT2D eigenvalue weighted by Gasteiger charge is 2.48. The Bertz CT molecular complexity index is 2170. The predicted octanol–water partition coefficient (Wildman–Crippen LogP) is 7.03. The summed E-state index contributed by atoms with van der Waals surface area (Å²) in [5, 5.41) is 15.4. The van der Waals surface area contributed by atoms with E-state index >= 15 is 0 Å². The molecule has 13 nitrogen and oxygen atoms in total. The van der Waals surface area contributed by atoms with Crippen LogP contribution >= 0.6 is 0 Å². The lowest BCUT2D eigenvalue weighted by Crippen LogP contribution is -2.53. The second-order valence-electron chi connectivity index (χ2n) is 11.9. The molecule has 2 unspecified atom stereocenters. The number of nitro groups is 1. The van der Waals surface area contributed by atoms with E-state index in [-0.39, 0.29) is 23.0 Å². The maximum atomic E-state index is 13.9. The summed E-state index contributed by atoms with van der Waals surface area (Å²) >= 11 is 0. The van der Waals surface area contributed by atoms with Crippen LogP contribution in [0.4, 0.5) is 5.69 Å². The normalized spacial score (nSPS) is 16.4. The molecule has 14 heteroatoms. The van der Waals surface area contributed by atoms with Crippen LogP contribution in [0, 0.1) is 24.0 Å². The number of aromatic nitrogens is 1. The minimum absolute atomic E-state index is 0.184. The Balaban J connectivity index is 1.53. The third kappa shape index (κ3) is 6.82. The van der Waals surface area contributed by atoms with Gasteiger partial charge in [0.15, 0.2) is 0 Å². The fraction of sp³-hybridized carbons (Fsp3) is 0.243. The molecule has 1 aliphatic rings. The second kappa shape index (κ2) is 14.2. The average molecular weight is 713 g/mol. The molecule has 1 aliphatic heterocycles. The molecule has 6 rings (SSSR count). The highest BCUT2D eigenvalue weighted by molar-refractivity contribution is 7.90. The van der Waals surface area contributed by atoms with Crippen molar-refractivity contribution < 1.29 is 36.8 Å². The van der Waals surface area contributed by atoms with Crippen molar-refractivity contribution >= 4 is 21.5 Å². The number of ether oxygens (including phenoxy) is 4. The molecule has 0 bridgehead atoms. The van der Waals surface area contributed by atoms with Crippen LogP contribution < -0.4 is 18.9 Å². The standard InChI is InChI=1S/C37H36N4O9S/c1-22-34(23(2)50-38-22)24-7-9-25(10-8-24)36-35(27-17-30(47-4)19-31(18-27)48-5)37(39-51(44,45)32-15-12-28(13-16-32)41(42)43)40(36)21-26-11-14-29(46-3)20-33(26)49-6/h7-20,35-36H,21H2,1-6H3. The van der Waals surface area contributed by atoms with Gasteiger partial charge in [0.2, 0.25) is 0 Å². The Morgan fingerprint density at radius 3 is 2.02 bits per heavy atom. The Morgan fingerprint density at radius 2 is 1.47 bits per heavy atom. The molecular weight excluding hydrogens is 676 g/mol. The van der Waals surface area contributed by atoms with Crippen molar-refractivity contribution in [1.29, 1.82) is 0 Å². The van der Waals surface area contributed by atoms with Crippen molar-refractivity contribution in [3.63, 3.8) is 0 Å². The lowest BCUT2D eigenvalue weighted by molar-refractivity contribution is -0.384. The summed E-state index contributed by atoms with van der Waals surface area (Å²) in [5.41, 5.74) is 4.72. The molecule has 264 valence electrons. The number of methoxy groups -OCH3 is 4. The van der Waals surface area contributed by atoms with Crippen LogP contribution in [0.5, 0.6) is 23.0 Å². The molecule has 2 atom stereocenters. The van der Waals surface area contributed by atoms with E-state index in [9.17, 15) is 18.5 Å². The van der Waals surface area contributed by atoms with E-state index in [0.29, 0.717) is 34.3 Å². The van der Waals surface area contributed by atoms with Crippen LogP contribution in [0.1, 0.15) is 40.1 Å². The minimum Gasteiger partial charge on any atom is -0.497 e. The van der Waals surface area contributed by atoms with E-state index in [1.165, 1.54) is 12.1 Å². The molecule has 2 heterocycles. The zero-order valence-corrected chi connectivity index (χ0v) is 29.6. The molecule has 0 radical (unpaired) electrons. The van der Waals surface area contributed by atoms with E-state index in [2.05, 4.69) is 9.55 Å². The third-order valence-electron chi connectivity index (χ3n) is 8.93. The average Bonchev–Trinajstić information content (AvgIpc) is 3.48. The van der Waals surface area contributed by atoms with Crippen LogP contribution in [-0.4, -0.2) is 57.7 Å². The van der Waals surface area contributed by atoms with Crippen molar-refractivity contribution in [2.45, 2.75) is 37.2 Å². The molecule has 1 saturated heterocycles. The summed E-state index contributed by atoms with van der Waals surface area (Å²) in [6.07, 6.45) is 0. The number of rotatable bonds is 12. The smallest absolute Gasteiger partial charge is 0.283 e. The summed E-state index contributed by atoms with van der Waals surface area (Å²) in [5.74, 6) is 2.55. The van der Waals surface area contributed by atoms with Crippen LogP contribution in [0.2, 0.25) is 0 Å². The van der Waals surface area contributed by atoms with E-state index in [1.807, 2.05) is 61.2 Å². The number of benzene rings is 4. The van der Waals surface area contributed by atoms with Crippen LogP contribution in [-0.2, 0) is 16.6 Å². The molecule has 1 aromatic heterocycles. The van der Waals surface area contributed by atoms with Crippen molar-refractivity contribution in [2.24, 2.45) is 4.40 Å². The first-order chi connectivity index (χ1) is 24.5. The molecule has 0 spiro atoms. The SMILES string of the molecule is COc1cc(OC)cc(C2C(=NS(=O)(=O)c3ccc([N+](=O)[O-])cc3)N(Cc3ccc(OC)cc3OC)C2c2ccc(-c3c(C)noc3C)cc2)c1. The molecule has 0 saturated carbocycles. The van der Waals surface area contributed by atoms with Gasteiger partial charge in [-0.05, 0) is 66.9 Å². The molecule has 5 aromatic rings. The van der Waals surface area contributed by atoms with E-state index < -0.39 is 26.9 Å². The summed E-state index contributed by atoms with van der Waals surface area (Å²) in [4.78, 5) is 12.4. The largest absolute Gasteiger partial charge is 0.497 e. The molecule has 4 aromatic carbocycles. The van der Waals surface area contributed by atoms with Gasteiger partial charge in [-0.1, -0.05) is 29.4 Å². The monoisotopic (exact) mass is 712 g/mol. The van der Waals surface area contributed by atoms with Gasteiger partial charge in [0.1, 0.15) is 34.6 Å². The summed E-state index contributed by atoms with van der Waals surface area (Å²) < 4.78 is 60.0. The number of non-ortho nitro benzene ring substituents is 1. The van der Waals surface area contributed by atoms with Gasteiger partial charge >= 0.3 is 0 Å². The zero-order chi connectivity index (χ0) is 36.4. The number of nitrogens with zero attached hydrogens (tertiary/aromatic N) is 4. The maximum Gasteiger partial charge on any atom is 0.283 e. The number of aryl methyl sites for hydroxylation is 2. The van der Waals surface area contributed by atoms with Gasteiger partial charge in [-0.15, -0.1) is 4.40 Å². The van der Waals surface area contributed by atoms with Crippen molar-refractivity contribution in [1.82, 2.24) is 10.1 Å². The zero-order valence-electron chi connectivity index (χ0n) is 28.8. The number of sulfonamides is 1. The number of hydrogen-bond donors (Lipinski definition) is 0. The van der Waals surface area contributed by atoms with Crippen LogP contribution in [0.15, 0.2) is 98.7 Å². The predicted molar refractivity (Wildman–Crippen MR) is 189 cm³/mol. The van der Waals surface area contributed by atoms with Gasteiger partial charge in [-0.25, -0.2) is 0 Å². The Morgan fingerprint density at radius 1 is 0.824 bits per heavy atom. The van der Waals surface area contributed by atoms with Gasteiger partial charge in [-0.2, -0.15) is 8.42 Å². The molecular formula is C37H36N4O9S. The lowest BCUT2D eigenvalue weighted by atomic mass is 9.76. The molecule has 0 amide bonds. The van der Waals surface area contributed by atoms with Gasteiger partial charge < -0.3 is 28.4 Å². The molecule has 51 heavy (non-hydrogen) atoms. The van der Waals surface area contributed by atoms with Gasteiger partial charge in [0.25, 0.3) is 15.7 Å². The fourth-order valence-electron chi connectivity index (χ4n) is 6.39. The van der Waals surface area contributed by atoms with Gasteiger partial charge in [0.05, 0.1) is 55.9 Å². The van der Waals surface area contributed by atoms with Crippen molar-refractivity contribution in [2.75, 3.05) is 28.4 Å². The number of hydrogen-bond acceptors (Lipinski definition) is 10. The van der Waals surface area contributed by atoms with Gasteiger partial charge in [-0.3, -0.25) is 10.1 Å². The number of likely N-dealkylation sites (tertiary alicyclic amines) is 1. The highest BCUT2D eigenvalue weighted by Crippen LogP contribution is 2.51. The van der Waals surface area contributed by atoms with Crippen LogP contribution in [0.3, 0.4) is 0 Å². The van der Waals surface area contributed by atoms with E-state index in [1.54, 1.807) is 46.6 Å². The highest BCUT2D eigenvalue weighted by atomic mass is 32.2. The Kier molecular flexibility index (Phi) is 9.70. The third-order valence-corrected chi connectivity index (χ3v) is 10.2.